The lowest BCUT2D eigenvalue weighted by atomic mass is 10.1. The van der Waals surface area contributed by atoms with Gasteiger partial charge in [-0.15, -0.1) is 0 Å². The van der Waals surface area contributed by atoms with E-state index in [4.69, 9.17) is 10.5 Å². The molecule has 0 spiro atoms. The Hall–Kier alpha value is -1.62. The van der Waals surface area contributed by atoms with Crippen molar-refractivity contribution in [1.82, 2.24) is 5.32 Å². The molecule has 0 aromatic heterocycles. The van der Waals surface area contributed by atoms with Gasteiger partial charge < -0.3 is 15.8 Å². The standard InChI is InChI=1S/C12H17FN2O2/c1-8(15-6-5-12(14)16)9-3-4-10(13)11(7-9)17-2/h3-4,7-8,15H,5-6H2,1-2H3,(H2,14,16). The van der Waals surface area contributed by atoms with E-state index in [1.165, 1.54) is 13.2 Å². The Morgan fingerprint density at radius 1 is 1.59 bits per heavy atom. The van der Waals surface area contributed by atoms with Gasteiger partial charge in [-0.3, -0.25) is 4.79 Å². The average molecular weight is 240 g/mol. The molecule has 0 aliphatic heterocycles. The summed E-state index contributed by atoms with van der Waals surface area (Å²) in [7, 11) is 1.42. The van der Waals surface area contributed by atoms with E-state index >= 15 is 0 Å². The van der Waals surface area contributed by atoms with E-state index in [9.17, 15) is 9.18 Å². The first-order valence-electron chi connectivity index (χ1n) is 5.39. The predicted molar refractivity (Wildman–Crippen MR) is 63.2 cm³/mol. The van der Waals surface area contributed by atoms with Crippen LogP contribution in [0.5, 0.6) is 5.75 Å². The minimum absolute atomic E-state index is 0.00356. The molecule has 1 amide bonds. The molecule has 0 saturated heterocycles. The number of primary amides is 1. The third-order valence-electron chi connectivity index (χ3n) is 2.50. The van der Waals surface area contributed by atoms with E-state index in [0.717, 1.165) is 5.56 Å². The number of carbonyl (C=O) groups is 1. The Kier molecular flexibility index (Phi) is 4.90. The van der Waals surface area contributed by atoms with Crippen molar-refractivity contribution >= 4 is 5.91 Å². The maximum absolute atomic E-state index is 13.2. The van der Waals surface area contributed by atoms with Crippen LogP contribution < -0.4 is 15.8 Å². The Labute approximate surface area is 100.0 Å². The Balaban J connectivity index is 2.62. The van der Waals surface area contributed by atoms with Crippen molar-refractivity contribution in [2.45, 2.75) is 19.4 Å². The van der Waals surface area contributed by atoms with Crippen molar-refractivity contribution in [3.05, 3.63) is 29.6 Å². The van der Waals surface area contributed by atoms with Crippen molar-refractivity contribution in [1.29, 1.82) is 0 Å². The fourth-order valence-electron chi connectivity index (χ4n) is 1.48. The van der Waals surface area contributed by atoms with Gasteiger partial charge in [0.25, 0.3) is 0 Å². The first-order chi connectivity index (χ1) is 8.04. The van der Waals surface area contributed by atoms with Crippen molar-refractivity contribution in [3.63, 3.8) is 0 Å². The molecule has 0 heterocycles. The lowest BCUT2D eigenvalue weighted by Crippen LogP contribution is -2.24. The van der Waals surface area contributed by atoms with Crippen LogP contribution in [0.1, 0.15) is 24.9 Å². The van der Waals surface area contributed by atoms with Crippen LogP contribution in [0.4, 0.5) is 4.39 Å². The lowest BCUT2D eigenvalue weighted by Gasteiger charge is -2.14. The van der Waals surface area contributed by atoms with Gasteiger partial charge in [0.05, 0.1) is 7.11 Å². The summed E-state index contributed by atoms with van der Waals surface area (Å²) < 4.78 is 18.1. The number of halogens is 1. The molecular weight excluding hydrogens is 223 g/mol. The summed E-state index contributed by atoms with van der Waals surface area (Å²) in [6.07, 6.45) is 0.280. The molecule has 0 fully saturated rings. The van der Waals surface area contributed by atoms with E-state index < -0.39 is 0 Å². The normalized spacial score (nSPS) is 12.2. The van der Waals surface area contributed by atoms with Crippen LogP contribution in [0.15, 0.2) is 18.2 Å². The monoisotopic (exact) mass is 240 g/mol. The van der Waals surface area contributed by atoms with Crippen molar-refractivity contribution < 1.29 is 13.9 Å². The number of nitrogens with two attached hydrogens (primary N) is 1. The van der Waals surface area contributed by atoms with E-state index in [1.54, 1.807) is 12.1 Å². The Bertz CT molecular complexity index is 396. The summed E-state index contributed by atoms with van der Waals surface area (Å²) in [6.45, 7) is 2.42. The Morgan fingerprint density at radius 3 is 2.88 bits per heavy atom. The fourth-order valence-corrected chi connectivity index (χ4v) is 1.48. The molecule has 1 atom stereocenters. The molecule has 1 aromatic carbocycles. The van der Waals surface area contributed by atoms with Gasteiger partial charge in [-0.2, -0.15) is 0 Å². The molecule has 3 N–H and O–H groups in total. The molecule has 0 saturated carbocycles. The van der Waals surface area contributed by atoms with Gasteiger partial charge in [0.15, 0.2) is 11.6 Å². The van der Waals surface area contributed by atoms with Crippen LogP contribution in [-0.4, -0.2) is 19.6 Å². The number of rotatable bonds is 6. The minimum Gasteiger partial charge on any atom is -0.494 e. The van der Waals surface area contributed by atoms with Gasteiger partial charge in [0, 0.05) is 19.0 Å². The zero-order valence-corrected chi connectivity index (χ0v) is 10.00. The average Bonchev–Trinajstić information content (AvgIpc) is 2.29. The van der Waals surface area contributed by atoms with Crippen molar-refractivity contribution in [3.8, 4) is 5.75 Å². The highest BCUT2D eigenvalue weighted by Crippen LogP contribution is 2.22. The van der Waals surface area contributed by atoms with Crippen LogP contribution in [0.2, 0.25) is 0 Å². The molecule has 94 valence electrons. The highest BCUT2D eigenvalue weighted by molar-refractivity contribution is 5.73. The van der Waals surface area contributed by atoms with Gasteiger partial charge in [-0.25, -0.2) is 4.39 Å². The van der Waals surface area contributed by atoms with E-state index in [1.807, 2.05) is 6.92 Å². The smallest absolute Gasteiger partial charge is 0.218 e. The molecular formula is C12H17FN2O2. The second kappa shape index (κ2) is 6.20. The van der Waals surface area contributed by atoms with Crippen molar-refractivity contribution in [2.24, 2.45) is 5.73 Å². The molecule has 0 aliphatic rings. The summed E-state index contributed by atoms with van der Waals surface area (Å²) in [5.41, 5.74) is 5.93. The van der Waals surface area contributed by atoms with Crippen LogP contribution in [0.3, 0.4) is 0 Å². The molecule has 0 bridgehead atoms. The molecule has 0 aliphatic carbocycles. The molecule has 17 heavy (non-hydrogen) atoms. The third kappa shape index (κ3) is 4.03. The zero-order valence-electron chi connectivity index (χ0n) is 10.00. The summed E-state index contributed by atoms with van der Waals surface area (Å²) in [4.78, 5) is 10.6. The van der Waals surface area contributed by atoms with E-state index in [0.29, 0.717) is 6.54 Å². The maximum Gasteiger partial charge on any atom is 0.218 e. The topological polar surface area (TPSA) is 64.3 Å². The number of ether oxygens (including phenoxy) is 1. The molecule has 1 aromatic rings. The molecule has 1 unspecified atom stereocenters. The van der Waals surface area contributed by atoms with Crippen LogP contribution >= 0.6 is 0 Å². The second-order valence-corrected chi connectivity index (χ2v) is 3.79. The van der Waals surface area contributed by atoms with Crippen LogP contribution in [0, 0.1) is 5.82 Å². The Morgan fingerprint density at radius 2 is 2.29 bits per heavy atom. The van der Waals surface area contributed by atoms with Gasteiger partial charge in [0.1, 0.15) is 0 Å². The number of hydrogen-bond acceptors (Lipinski definition) is 3. The van der Waals surface area contributed by atoms with Gasteiger partial charge >= 0.3 is 0 Å². The largest absolute Gasteiger partial charge is 0.494 e. The summed E-state index contributed by atoms with van der Waals surface area (Å²) in [6, 6.07) is 4.68. The van der Waals surface area contributed by atoms with Crippen LogP contribution in [0.25, 0.3) is 0 Å². The van der Waals surface area contributed by atoms with Gasteiger partial charge in [-0.1, -0.05) is 6.07 Å². The molecule has 5 heteroatoms. The third-order valence-corrected chi connectivity index (χ3v) is 2.50. The highest BCUT2D eigenvalue weighted by Gasteiger charge is 2.09. The van der Waals surface area contributed by atoms with E-state index in [-0.39, 0.29) is 29.9 Å². The number of amides is 1. The van der Waals surface area contributed by atoms with Gasteiger partial charge in [-0.05, 0) is 24.6 Å². The SMILES string of the molecule is COc1cc(C(C)NCCC(N)=O)ccc1F. The molecule has 0 radical (unpaired) electrons. The summed E-state index contributed by atoms with van der Waals surface area (Å²) in [5, 5.41) is 3.12. The lowest BCUT2D eigenvalue weighted by molar-refractivity contribution is -0.117. The zero-order chi connectivity index (χ0) is 12.8. The minimum atomic E-state index is -0.388. The fraction of sp³-hybridized carbons (Fsp3) is 0.417. The highest BCUT2D eigenvalue weighted by atomic mass is 19.1. The summed E-state index contributed by atoms with van der Waals surface area (Å²) in [5.74, 6) is -0.520. The van der Waals surface area contributed by atoms with Crippen LogP contribution in [-0.2, 0) is 4.79 Å². The van der Waals surface area contributed by atoms with Gasteiger partial charge in [0.2, 0.25) is 5.91 Å². The maximum atomic E-state index is 13.2. The summed E-state index contributed by atoms with van der Waals surface area (Å²) >= 11 is 0. The number of methoxy groups -OCH3 is 1. The number of nitrogens with one attached hydrogen (secondary N) is 1. The van der Waals surface area contributed by atoms with E-state index in [2.05, 4.69) is 5.32 Å². The second-order valence-electron chi connectivity index (χ2n) is 3.79. The molecule has 1 rings (SSSR count). The number of benzene rings is 1. The quantitative estimate of drug-likeness (QED) is 0.789. The molecule has 4 nitrogen and oxygen atoms in total. The number of carbonyl (C=O) groups excluding carboxylic acids is 1. The first kappa shape index (κ1) is 13.4. The number of hydrogen-bond donors (Lipinski definition) is 2. The first-order valence-corrected chi connectivity index (χ1v) is 5.39. The predicted octanol–water partition coefficient (Wildman–Crippen LogP) is 1.36. The van der Waals surface area contributed by atoms with Crippen molar-refractivity contribution in [2.75, 3.05) is 13.7 Å².